The number of hydrogen-bond acceptors (Lipinski definition) is 3. The number of unbranched alkanes of at least 4 members (excludes halogenated alkanes) is 1. The number of nitrogens with one attached hydrogen (secondary N) is 2. The lowest BCUT2D eigenvalue weighted by Gasteiger charge is -2.36. The molecule has 2 N–H and O–H groups in total. The van der Waals surface area contributed by atoms with Crippen LogP contribution in [-0.2, 0) is 0 Å². The summed E-state index contributed by atoms with van der Waals surface area (Å²) in [5, 5.41) is 6.92. The van der Waals surface area contributed by atoms with Crippen LogP contribution in [0.3, 0.4) is 0 Å². The maximum absolute atomic E-state index is 4.36. The normalized spacial score (nSPS) is 15.9. The Morgan fingerprint density at radius 1 is 0.933 bits per heavy atom. The number of benzene rings is 2. The summed E-state index contributed by atoms with van der Waals surface area (Å²) < 4.78 is 0. The molecular formula is C24H36IN5. The fourth-order valence-electron chi connectivity index (χ4n) is 3.76. The van der Waals surface area contributed by atoms with Gasteiger partial charge < -0.3 is 15.5 Å². The zero-order valence-corrected chi connectivity index (χ0v) is 20.6. The molecule has 0 amide bonds. The van der Waals surface area contributed by atoms with E-state index in [-0.39, 0.29) is 30.0 Å². The average molecular weight is 521 g/mol. The van der Waals surface area contributed by atoms with Crippen LogP contribution in [0, 0.1) is 0 Å². The molecule has 0 aromatic heterocycles. The van der Waals surface area contributed by atoms with E-state index >= 15 is 0 Å². The first-order valence-corrected chi connectivity index (χ1v) is 10.8. The molecule has 2 aromatic rings. The first kappa shape index (κ1) is 24.5. The molecule has 2 aromatic carbocycles. The number of piperazine rings is 1. The summed E-state index contributed by atoms with van der Waals surface area (Å²) >= 11 is 0. The Labute approximate surface area is 199 Å². The Bertz CT molecular complexity index is 730. The molecule has 0 bridgehead atoms. The number of hydrogen-bond donors (Lipinski definition) is 2. The molecule has 1 heterocycles. The van der Waals surface area contributed by atoms with Gasteiger partial charge in [-0.05, 0) is 44.0 Å². The van der Waals surface area contributed by atoms with Gasteiger partial charge in [0.1, 0.15) is 0 Å². The van der Waals surface area contributed by atoms with E-state index in [0.29, 0.717) is 0 Å². The van der Waals surface area contributed by atoms with Gasteiger partial charge in [-0.3, -0.25) is 9.89 Å². The van der Waals surface area contributed by atoms with Crippen LogP contribution >= 0.6 is 24.0 Å². The van der Waals surface area contributed by atoms with E-state index in [1.54, 1.807) is 0 Å². The Hall–Kier alpha value is -1.80. The van der Waals surface area contributed by atoms with Crippen molar-refractivity contribution in [2.24, 2.45) is 4.99 Å². The van der Waals surface area contributed by atoms with Crippen molar-refractivity contribution in [3.8, 4) is 0 Å². The van der Waals surface area contributed by atoms with Crippen molar-refractivity contribution in [1.29, 1.82) is 0 Å². The molecule has 0 aliphatic carbocycles. The third-order valence-corrected chi connectivity index (χ3v) is 5.56. The lowest BCUT2D eigenvalue weighted by molar-refractivity contribution is 0.253. The molecule has 1 fully saturated rings. The molecular weight excluding hydrogens is 485 g/mol. The van der Waals surface area contributed by atoms with Crippen LogP contribution < -0.4 is 15.5 Å². The highest BCUT2D eigenvalue weighted by Crippen LogP contribution is 2.15. The summed E-state index contributed by atoms with van der Waals surface area (Å²) in [6.07, 6.45) is 2.36. The van der Waals surface area contributed by atoms with Crippen molar-refractivity contribution in [1.82, 2.24) is 15.5 Å². The summed E-state index contributed by atoms with van der Waals surface area (Å²) in [6.45, 7) is 8.84. The highest BCUT2D eigenvalue weighted by atomic mass is 127. The van der Waals surface area contributed by atoms with Gasteiger partial charge in [-0.1, -0.05) is 48.5 Å². The van der Waals surface area contributed by atoms with Crippen molar-refractivity contribution in [2.45, 2.75) is 25.8 Å². The minimum atomic E-state index is 0. The molecule has 0 saturated carbocycles. The van der Waals surface area contributed by atoms with E-state index in [1.165, 1.54) is 24.2 Å². The van der Waals surface area contributed by atoms with Gasteiger partial charge in [-0.15, -0.1) is 24.0 Å². The van der Waals surface area contributed by atoms with Gasteiger partial charge in [0.2, 0.25) is 0 Å². The number of nitrogens with zero attached hydrogens (tertiary/aromatic N) is 3. The Balaban J connectivity index is 0.00000320. The lowest BCUT2D eigenvalue weighted by atomic mass is 10.1. The molecule has 0 radical (unpaired) electrons. The molecule has 1 saturated heterocycles. The Kier molecular flexibility index (Phi) is 11.0. The van der Waals surface area contributed by atoms with E-state index in [2.05, 4.69) is 86.9 Å². The number of anilines is 1. The summed E-state index contributed by atoms with van der Waals surface area (Å²) in [5.74, 6) is 0.873. The largest absolute Gasteiger partial charge is 0.369 e. The van der Waals surface area contributed by atoms with Crippen LogP contribution in [-0.4, -0.2) is 57.2 Å². The Morgan fingerprint density at radius 3 is 2.20 bits per heavy atom. The van der Waals surface area contributed by atoms with Crippen molar-refractivity contribution in [3.05, 3.63) is 66.2 Å². The number of aliphatic imine (C=N–C) groups is 1. The van der Waals surface area contributed by atoms with Crippen molar-refractivity contribution < 1.29 is 0 Å². The van der Waals surface area contributed by atoms with E-state index in [4.69, 9.17) is 0 Å². The van der Waals surface area contributed by atoms with E-state index in [1.807, 2.05) is 13.1 Å². The predicted octanol–water partition coefficient (Wildman–Crippen LogP) is 4.13. The molecule has 164 valence electrons. The molecule has 6 heteroatoms. The number of guanidine groups is 1. The minimum Gasteiger partial charge on any atom is -0.369 e. The van der Waals surface area contributed by atoms with Gasteiger partial charge in [-0.25, -0.2) is 0 Å². The molecule has 5 nitrogen and oxygen atoms in total. The molecule has 1 aliphatic rings. The number of halogens is 1. The van der Waals surface area contributed by atoms with Crippen LogP contribution in [0.15, 0.2) is 65.7 Å². The average Bonchev–Trinajstić information content (AvgIpc) is 2.79. The fourth-order valence-corrected chi connectivity index (χ4v) is 3.76. The number of rotatable bonds is 8. The number of para-hydroxylation sites is 1. The van der Waals surface area contributed by atoms with Crippen LogP contribution in [0.4, 0.5) is 5.69 Å². The van der Waals surface area contributed by atoms with Gasteiger partial charge in [0, 0.05) is 45.5 Å². The monoisotopic (exact) mass is 521 g/mol. The predicted molar refractivity (Wildman–Crippen MR) is 139 cm³/mol. The molecule has 1 aliphatic heterocycles. The summed E-state index contributed by atoms with van der Waals surface area (Å²) in [7, 11) is 1.83. The highest BCUT2D eigenvalue weighted by molar-refractivity contribution is 14.0. The van der Waals surface area contributed by atoms with Crippen molar-refractivity contribution >= 4 is 35.6 Å². The molecule has 30 heavy (non-hydrogen) atoms. The van der Waals surface area contributed by atoms with E-state index < -0.39 is 0 Å². The zero-order valence-electron chi connectivity index (χ0n) is 18.3. The van der Waals surface area contributed by atoms with Crippen molar-refractivity contribution in [3.63, 3.8) is 0 Å². The van der Waals surface area contributed by atoms with Gasteiger partial charge >= 0.3 is 0 Å². The summed E-state index contributed by atoms with van der Waals surface area (Å²) in [4.78, 5) is 9.43. The second kappa shape index (κ2) is 13.5. The second-order valence-corrected chi connectivity index (χ2v) is 7.65. The summed E-state index contributed by atoms with van der Waals surface area (Å²) in [6, 6.07) is 21.5. The van der Waals surface area contributed by atoms with Crippen molar-refractivity contribution in [2.75, 3.05) is 51.2 Å². The van der Waals surface area contributed by atoms with Gasteiger partial charge in [-0.2, -0.15) is 0 Å². The highest BCUT2D eigenvalue weighted by Gasteiger charge is 2.16. The van der Waals surface area contributed by atoms with Gasteiger partial charge in [0.25, 0.3) is 0 Å². The first-order valence-electron chi connectivity index (χ1n) is 10.8. The maximum Gasteiger partial charge on any atom is 0.191 e. The van der Waals surface area contributed by atoms with Crippen LogP contribution in [0.25, 0.3) is 0 Å². The Morgan fingerprint density at radius 2 is 1.57 bits per heavy atom. The zero-order chi connectivity index (χ0) is 20.3. The fraction of sp³-hybridized carbons (Fsp3) is 0.458. The van der Waals surface area contributed by atoms with Crippen LogP contribution in [0.5, 0.6) is 0 Å². The third-order valence-electron chi connectivity index (χ3n) is 5.56. The van der Waals surface area contributed by atoms with Crippen LogP contribution in [0.1, 0.15) is 31.4 Å². The molecule has 3 rings (SSSR count). The first-order chi connectivity index (χ1) is 14.3. The topological polar surface area (TPSA) is 42.9 Å². The smallest absolute Gasteiger partial charge is 0.191 e. The SMILES string of the molecule is CN=C(NCCCCN1CCN(c2ccccc2)CC1)NC(C)c1ccccc1.I. The van der Waals surface area contributed by atoms with E-state index in [9.17, 15) is 0 Å². The maximum atomic E-state index is 4.36. The van der Waals surface area contributed by atoms with Gasteiger partial charge in [0.05, 0.1) is 6.04 Å². The standard InChI is InChI=1S/C24H35N5.HI/c1-21(22-11-5-3-6-12-22)27-24(25-2)26-15-9-10-16-28-17-19-29(20-18-28)23-13-7-4-8-14-23;/h3-8,11-14,21H,9-10,15-20H2,1-2H3,(H2,25,26,27);1H. The third kappa shape index (κ3) is 7.80. The molecule has 1 atom stereocenters. The lowest BCUT2D eigenvalue weighted by Crippen LogP contribution is -2.46. The summed E-state index contributed by atoms with van der Waals surface area (Å²) in [5.41, 5.74) is 2.62. The molecule has 0 spiro atoms. The van der Waals surface area contributed by atoms with Gasteiger partial charge in [0.15, 0.2) is 5.96 Å². The molecule has 1 unspecified atom stereocenters. The minimum absolute atomic E-state index is 0. The second-order valence-electron chi connectivity index (χ2n) is 7.65. The van der Waals surface area contributed by atoms with Crippen LogP contribution in [0.2, 0.25) is 0 Å². The van der Waals surface area contributed by atoms with E-state index in [0.717, 1.165) is 45.1 Å². The quantitative estimate of drug-likeness (QED) is 0.237.